The van der Waals surface area contributed by atoms with E-state index in [-0.39, 0.29) is 18.4 Å². The molecule has 26 heavy (non-hydrogen) atoms. The Morgan fingerprint density at radius 2 is 1.96 bits per heavy atom. The van der Waals surface area contributed by atoms with Gasteiger partial charge in [-0.15, -0.1) is 11.3 Å². The van der Waals surface area contributed by atoms with E-state index in [2.05, 4.69) is 36.3 Å². The van der Waals surface area contributed by atoms with Gasteiger partial charge in [0, 0.05) is 5.38 Å². The number of nitrogens with one attached hydrogen (secondary N) is 1. The van der Waals surface area contributed by atoms with Crippen LogP contribution in [0.1, 0.15) is 43.3 Å². The van der Waals surface area contributed by atoms with Crippen LogP contribution >= 0.6 is 11.3 Å². The minimum absolute atomic E-state index is 0.00743. The maximum atomic E-state index is 12.6. The first-order valence-electron chi connectivity index (χ1n) is 8.87. The van der Waals surface area contributed by atoms with Crippen molar-refractivity contribution >= 4 is 17.2 Å². The highest BCUT2D eigenvalue weighted by Crippen LogP contribution is 2.26. The van der Waals surface area contributed by atoms with E-state index in [9.17, 15) is 4.79 Å². The van der Waals surface area contributed by atoms with Crippen molar-refractivity contribution in [2.45, 2.75) is 39.7 Å². The molecular formula is C21H24N2O2S. The first kappa shape index (κ1) is 18.4. The van der Waals surface area contributed by atoms with Gasteiger partial charge in [-0.1, -0.05) is 44.2 Å². The number of hydrogen-bond donors (Lipinski definition) is 1. The Bertz CT molecular complexity index is 852. The van der Waals surface area contributed by atoms with Crippen LogP contribution in [0, 0.1) is 12.8 Å². The first-order valence-corrected chi connectivity index (χ1v) is 9.74. The molecular weight excluding hydrogens is 344 g/mol. The zero-order chi connectivity index (χ0) is 18.5. The number of carbonyl (C=O) groups excluding carboxylic acids is 1. The second-order valence-corrected chi connectivity index (χ2v) is 7.75. The fourth-order valence-electron chi connectivity index (χ4n) is 2.90. The van der Waals surface area contributed by atoms with Crippen LogP contribution in [0.3, 0.4) is 0 Å². The molecule has 2 aromatic heterocycles. The zero-order valence-corrected chi connectivity index (χ0v) is 16.2. The molecule has 136 valence electrons. The molecule has 0 fully saturated rings. The van der Waals surface area contributed by atoms with Crippen LogP contribution in [0.2, 0.25) is 0 Å². The predicted octanol–water partition coefficient (Wildman–Crippen LogP) is 5.16. The quantitative estimate of drug-likeness (QED) is 0.627. The molecule has 0 aliphatic carbocycles. The molecule has 0 aliphatic rings. The number of benzene rings is 1. The second kappa shape index (κ2) is 8.32. The van der Waals surface area contributed by atoms with Gasteiger partial charge in [-0.2, -0.15) is 0 Å². The molecule has 1 unspecified atom stereocenters. The number of hydrogen-bond acceptors (Lipinski definition) is 4. The lowest BCUT2D eigenvalue weighted by Gasteiger charge is -2.21. The smallest absolute Gasteiger partial charge is 0.226 e. The normalized spacial score (nSPS) is 12.3. The van der Waals surface area contributed by atoms with Crippen molar-refractivity contribution in [1.82, 2.24) is 10.3 Å². The molecule has 1 aromatic carbocycles. The van der Waals surface area contributed by atoms with Crippen LogP contribution in [0.15, 0.2) is 52.3 Å². The molecule has 0 saturated heterocycles. The molecule has 3 rings (SSSR count). The highest BCUT2D eigenvalue weighted by molar-refractivity contribution is 7.13. The van der Waals surface area contributed by atoms with Crippen molar-refractivity contribution in [3.8, 4) is 10.8 Å². The van der Waals surface area contributed by atoms with E-state index in [1.54, 1.807) is 0 Å². The van der Waals surface area contributed by atoms with Crippen molar-refractivity contribution in [3.63, 3.8) is 0 Å². The van der Waals surface area contributed by atoms with Gasteiger partial charge in [-0.25, -0.2) is 4.98 Å². The average Bonchev–Trinajstić information content (AvgIpc) is 3.23. The standard InChI is InChI=1S/C21H24N2O2S/c1-14(2)11-18(16-7-5-4-6-8-16)23-20(24)12-17-13-26-21(22-17)19-10-9-15(3)25-19/h4-10,13-14,18H,11-12H2,1-3H3,(H,23,24). The van der Waals surface area contributed by atoms with Gasteiger partial charge in [-0.05, 0) is 37.0 Å². The monoisotopic (exact) mass is 368 g/mol. The Morgan fingerprint density at radius 3 is 2.62 bits per heavy atom. The van der Waals surface area contributed by atoms with E-state index in [4.69, 9.17) is 4.42 Å². The number of furan rings is 1. The summed E-state index contributed by atoms with van der Waals surface area (Å²) in [6, 6.07) is 14.0. The molecule has 5 heteroatoms. The summed E-state index contributed by atoms with van der Waals surface area (Å²) in [7, 11) is 0. The lowest BCUT2D eigenvalue weighted by Crippen LogP contribution is -2.30. The van der Waals surface area contributed by atoms with Gasteiger partial charge in [0.1, 0.15) is 5.76 Å². The van der Waals surface area contributed by atoms with Crippen LogP contribution in [0.5, 0.6) is 0 Å². The average molecular weight is 369 g/mol. The maximum Gasteiger partial charge on any atom is 0.226 e. The third-order valence-electron chi connectivity index (χ3n) is 4.09. The van der Waals surface area contributed by atoms with Gasteiger partial charge < -0.3 is 9.73 Å². The Morgan fingerprint density at radius 1 is 1.19 bits per heavy atom. The third kappa shape index (κ3) is 4.82. The summed E-state index contributed by atoms with van der Waals surface area (Å²) in [5.41, 5.74) is 1.91. The number of amides is 1. The van der Waals surface area contributed by atoms with Crippen LogP contribution < -0.4 is 5.32 Å². The number of aromatic nitrogens is 1. The lowest BCUT2D eigenvalue weighted by atomic mass is 9.97. The van der Waals surface area contributed by atoms with E-state index < -0.39 is 0 Å². The highest BCUT2D eigenvalue weighted by atomic mass is 32.1. The van der Waals surface area contributed by atoms with E-state index >= 15 is 0 Å². The van der Waals surface area contributed by atoms with Crippen LogP contribution in [0.25, 0.3) is 10.8 Å². The molecule has 1 amide bonds. The number of carbonyl (C=O) groups is 1. The Labute approximate surface area is 158 Å². The zero-order valence-electron chi connectivity index (χ0n) is 15.4. The van der Waals surface area contributed by atoms with Crippen molar-refractivity contribution < 1.29 is 9.21 Å². The summed E-state index contributed by atoms with van der Waals surface area (Å²) >= 11 is 1.50. The molecule has 1 atom stereocenters. The van der Waals surface area contributed by atoms with Gasteiger partial charge in [0.15, 0.2) is 10.8 Å². The minimum Gasteiger partial charge on any atom is -0.459 e. The molecule has 0 bridgehead atoms. The minimum atomic E-state index is -0.00743. The number of aryl methyl sites for hydroxylation is 1. The number of rotatable bonds is 7. The third-order valence-corrected chi connectivity index (χ3v) is 4.99. The summed E-state index contributed by atoms with van der Waals surface area (Å²) in [6.45, 7) is 6.24. The largest absolute Gasteiger partial charge is 0.459 e. The Kier molecular flexibility index (Phi) is 5.89. The van der Waals surface area contributed by atoms with Gasteiger partial charge >= 0.3 is 0 Å². The van der Waals surface area contributed by atoms with Crippen LogP contribution in [-0.2, 0) is 11.2 Å². The molecule has 0 aliphatic heterocycles. The van der Waals surface area contributed by atoms with Gasteiger partial charge in [0.25, 0.3) is 0 Å². The van der Waals surface area contributed by atoms with E-state index in [1.165, 1.54) is 11.3 Å². The molecule has 0 spiro atoms. The fourth-order valence-corrected chi connectivity index (χ4v) is 3.68. The fraction of sp³-hybridized carbons (Fsp3) is 0.333. The highest BCUT2D eigenvalue weighted by Gasteiger charge is 2.17. The molecule has 1 N–H and O–H groups in total. The van der Waals surface area contributed by atoms with Crippen molar-refractivity contribution in [2.75, 3.05) is 0 Å². The summed E-state index contributed by atoms with van der Waals surface area (Å²) in [4.78, 5) is 17.1. The molecule has 0 radical (unpaired) electrons. The topological polar surface area (TPSA) is 55.1 Å². The summed E-state index contributed by atoms with van der Waals surface area (Å²) < 4.78 is 5.60. The van der Waals surface area contributed by atoms with Gasteiger partial charge in [0.05, 0.1) is 18.2 Å². The van der Waals surface area contributed by atoms with Gasteiger partial charge in [0.2, 0.25) is 5.91 Å². The van der Waals surface area contributed by atoms with Gasteiger partial charge in [-0.3, -0.25) is 4.79 Å². The Balaban J connectivity index is 1.66. The SMILES string of the molecule is Cc1ccc(-c2nc(CC(=O)NC(CC(C)C)c3ccccc3)cs2)o1. The van der Waals surface area contributed by atoms with Crippen LogP contribution in [-0.4, -0.2) is 10.9 Å². The van der Waals surface area contributed by atoms with E-state index in [0.717, 1.165) is 34.2 Å². The number of thiazole rings is 1. The van der Waals surface area contributed by atoms with Crippen LogP contribution in [0.4, 0.5) is 0 Å². The summed E-state index contributed by atoms with van der Waals surface area (Å²) in [5.74, 6) is 2.09. The molecule has 4 nitrogen and oxygen atoms in total. The molecule has 0 saturated carbocycles. The van der Waals surface area contributed by atoms with E-state index in [0.29, 0.717) is 5.92 Å². The maximum absolute atomic E-state index is 12.6. The Hall–Kier alpha value is -2.40. The van der Waals surface area contributed by atoms with E-state index in [1.807, 2.05) is 42.6 Å². The van der Waals surface area contributed by atoms with Crippen molar-refractivity contribution in [1.29, 1.82) is 0 Å². The van der Waals surface area contributed by atoms with Crippen molar-refractivity contribution in [2.24, 2.45) is 5.92 Å². The molecule has 2 heterocycles. The second-order valence-electron chi connectivity index (χ2n) is 6.89. The molecule has 3 aromatic rings. The summed E-state index contributed by atoms with van der Waals surface area (Å²) in [5, 5.41) is 5.90. The summed E-state index contributed by atoms with van der Waals surface area (Å²) in [6.07, 6.45) is 1.18. The lowest BCUT2D eigenvalue weighted by molar-refractivity contribution is -0.121. The first-order chi connectivity index (χ1) is 12.5. The van der Waals surface area contributed by atoms with Crippen molar-refractivity contribution in [3.05, 3.63) is 64.9 Å². The predicted molar refractivity (Wildman–Crippen MR) is 105 cm³/mol. The number of nitrogens with zero attached hydrogens (tertiary/aromatic N) is 1.